The van der Waals surface area contributed by atoms with Crippen molar-refractivity contribution in [2.45, 2.75) is 4.90 Å². The molecule has 4 nitrogen and oxygen atoms in total. The number of hydrogen-bond acceptors (Lipinski definition) is 5. The highest BCUT2D eigenvalue weighted by Crippen LogP contribution is 2.24. The Kier molecular flexibility index (Phi) is 4.47. The van der Waals surface area contributed by atoms with Gasteiger partial charge < -0.3 is 0 Å². The molecule has 22 heavy (non-hydrogen) atoms. The lowest BCUT2D eigenvalue weighted by atomic mass is 10.2. The summed E-state index contributed by atoms with van der Waals surface area (Å²) >= 11 is 0.688. The Morgan fingerprint density at radius 3 is 2.59 bits per heavy atom. The van der Waals surface area contributed by atoms with Gasteiger partial charge in [0.1, 0.15) is 11.6 Å². The first kappa shape index (κ1) is 14.7. The van der Waals surface area contributed by atoms with Crippen molar-refractivity contribution in [3.05, 3.63) is 66.4 Å². The van der Waals surface area contributed by atoms with Crippen LogP contribution in [0.1, 0.15) is 0 Å². The Morgan fingerprint density at radius 1 is 1.00 bits per heavy atom. The van der Waals surface area contributed by atoms with Crippen LogP contribution in [-0.4, -0.2) is 4.98 Å². The summed E-state index contributed by atoms with van der Waals surface area (Å²) in [4.78, 5) is 9.32. The Labute approximate surface area is 129 Å². The van der Waals surface area contributed by atoms with Gasteiger partial charge in [-0.3, -0.25) is 4.98 Å². The predicted octanol–water partition coefficient (Wildman–Crippen LogP) is 4.50. The normalized spacial score (nSPS) is 10.8. The van der Waals surface area contributed by atoms with Crippen LogP contribution in [0.15, 0.2) is 59.6 Å². The lowest BCUT2D eigenvalue weighted by molar-refractivity contribution is -0.160. The number of benzene rings is 2. The summed E-state index contributed by atoms with van der Waals surface area (Å²) in [6, 6.07) is 12.3. The molecule has 0 aliphatic rings. The third-order valence-corrected chi connectivity index (χ3v) is 3.35. The molecule has 112 valence electrons. The van der Waals surface area contributed by atoms with Gasteiger partial charge in [-0.25, -0.2) is 14.3 Å². The Bertz CT molecular complexity index is 776. The zero-order valence-electron chi connectivity index (χ0n) is 11.1. The number of pyridine rings is 1. The number of fused-ring (bicyclic) bond motifs is 1. The fourth-order valence-electron chi connectivity index (χ4n) is 1.88. The van der Waals surface area contributed by atoms with Crippen LogP contribution >= 0.6 is 12.0 Å². The second kappa shape index (κ2) is 6.69. The first-order chi connectivity index (χ1) is 10.7. The van der Waals surface area contributed by atoms with E-state index in [0.29, 0.717) is 17.7 Å². The fraction of sp³-hybridized carbons (Fsp3) is 0. The molecule has 0 aliphatic heterocycles. The zero-order chi connectivity index (χ0) is 15.4. The smallest absolute Gasteiger partial charge is 0.127 e. The average Bonchev–Trinajstić information content (AvgIpc) is 2.51. The van der Waals surface area contributed by atoms with Gasteiger partial charge >= 0.3 is 0 Å². The molecule has 7 heteroatoms. The van der Waals surface area contributed by atoms with E-state index < -0.39 is 11.6 Å². The van der Waals surface area contributed by atoms with Gasteiger partial charge in [0.2, 0.25) is 0 Å². The number of aromatic nitrogens is 1. The van der Waals surface area contributed by atoms with E-state index in [1.165, 1.54) is 0 Å². The molecule has 3 rings (SSSR count). The molecule has 0 unspecified atom stereocenters. The molecular formula is C15H10F2N2O2S. The topological polar surface area (TPSA) is 43.4 Å². The molecule has 1 aromatic heterocycles. The average molecular weight is 320 g/mol. The molecule has 0 spiro atoms. The highest BCUT2D eigenvalue weighted by Gasteiger charge is 2.04. The molecule has 2 aromatic carbocycles. The summed E-state index contributed by atoms with van der Waals surface area (Å²) < 4.78 is 30.8. The molecule has 0 saturated carbocycles. The second-order valence-electron chi connectivity index (χ2n) is 4.32. The Balaban J connectivity index is 1.61. The zero-order valence-corrected chi connectivity index (χ0v) is 11.9. The number of nitrogens with zero attached hydrogens (tertiary/aromatic N) is 1. The predicted molar refractivity (Wildman–Crippen MR) is 79.8 cm³/mol. The van der Waals surface area contributed by atoms with E-state index in [1.54, 1.807) is 12.3 Å². The second-order valence-corrected chi connectivity index (χ2v) is 5.10. The summed E-state index contributed by atoms with van der Waals surface area (Å²) in [6.45, 7) is 0. The van der Waals surface area contributed by atoms with Gasteiger partial charge in [-0.05, 0) is 24.3 Å². The van der Waals surface area contributed by atoms with E-state index in [1.807, 2.05) is 24.3 Å². The largest absolute Gasteiger partial charge is 0.254 e. The van der Waals surface area contributed by atoms with Gasteiger partial charge in [0.15, 0.2) is 0 Å². The maximum absolute atomic E-state index is 13.0. The summed E-state index contributed by atoms with van der Waals surface area (Å²) in [5.74, 6) is -1.37. The molecule has 0 bridgehead atoms. The van der Waals surface area contributed by atoms with Gasteiger partial charge in [0.05, 0.1) is 23.2 Å². The van der Waals surface area contributed by atoms with Crippen LogP contribution in [0.5, 0.6) is 0 Å². The van der Waals surface area contributed by atoms with Crippen molar-refractivity contribution in [2.75, 3.05) is 5.48 Å². The quantitative estimate of drug-likeness (QED) is 0.325. The summed E-state index contributed by atoms with van der Waals surface area (Å²) in [6.07, 6.45) is 1.67. The molecule has 3 aromatic rings. The molecular weight excluding hydrogens is 310 g/mol. The van der Waals surface area contributed by atoms with Gasteiger partial charge in [-0.1, -0.05) is 18.2 Å². The van der Waals surface area contributed by atoms with E-state index >= 15 is 0 Å². The maximum atomic E-state index is 13.0. The van der Waals surface area contributed by atoms with Crippen LogP contribution in [0, 0.1) is 11.6 Å². The van der Waals surface area contributed by atoms with Crippen molar-refractivity contribution in [2.24, 2.45) is 0 Å². The number of rotatable bonds is 5. The molecule has 0 fully saturated rings. The van der Waals surface area contributed by atoms with Crippen molar-refractivity contribution in [1.82, 2.24) is 4.98 Å². The maximum Gasteiger partial charge on any atom is 0.127 e. The molecule has 1 N–H and O–H groups in total. The SMILES string of the molecule is Fc1cc(F)cc(SOONc2cccc3cccnc23)c1. The minimum absolute atomic E-state index is 0.246. The number of para-hydroxylation sites is 1. The molecule has 0 saturated heterocycles. The fourth-order valence-corrected chi connectivity index (χ4v) is 2.35. The molecule has 0 aliphatic carbocycles. The molecule has 0 atom stereocenters. The van der Waals surface area contributed by atoms with Crippen LogP contribution in [0.2, 0.25) is 0 Å². The molecule has 1 heterocycles. The van der Waals surface area contributed by atoms with Crippen molar-refractivity contribution < 1.29 is 18.1 Å². The van der Waals surface area contributed by atoms with E-state index in [-0.39, 0.29) is 4.90 Å². The number of anilines is 1. The summed E-state index contributed by atoms with van der Waals surface area (Å²) in [7, 11) is 0. The van der Waals surface area contributed by atoms with Crippen LogP contribution in [0.4, 0.5) is 14.5 Å². The van der Waals surface area contributed by atoms with Gasteiger partial charge in [0, 0.05) is 22.5 Å². The number of nitrogens with one attached hydrogen (secondary N) is 1. The number of hydrogen-bond donors (Lipinski definition) is 1. The van der Waals surface area contributed by atoms with Crippen LogP contribution in [-0.2, 0) is 9.32 Å². The first-order valence-corrected chi connectivity index (χ1v) is 7.02. The van der Waals surface area contributed by atoms with Crippen LogP contribution in [0.3, 0.4) is 0 Å². The monoisotopic (exact) mass is 320 g/mol. The molecule has 0 radical (unpaired) electrons. The van der Waals surface area contributed by atoms with Crippen LogP contribution < -0.4 is 5.48 Å². The van der Waals surface area contributed by atoms with Crippen molar-refractivity contribution >= 4 is 28.6 Å². The third kappa shape index (κ3) is 3.51. The van der Waals surface area contributed by atoms with Crippen LogP contribution in [0.25, 0.3) is 10.9 Å². The first-order valence-electron chi connectivity index (χ1n) is 6.28. The summed E-state index contributed by atoms with van der Waals surface area (Å²) in [5, 5.41) is 0.941. The Hall–Kier alpha value is -2.22. The van der Waals surface area contributed by atoms with E-state index in [0.717, 1.165) is 29.1 Å². The van der Waals surface area contributed by atoms with Crippen molar-refractivity contribution in [3.8, 4) is 0 Å². The lowest BCUT2D eigenvalue weighted by Gasteiger charge is -2.07. The van der Waals surface area contributed by atoms with Crippen molar-refractivity contribution in [3.63, 3.8) is 0 Å². The number of halogens is 2. The minimum atomic E-state index is -0.683. The lowest BCUT2D eigenvalue weighted by Crippen LogP contribution is -2.00. The Morgan fingerprint density at radius 2 is 1.77 bits per heavy atom. The highest BCUT2D eigenvalue weighted by molar-refractivity contribution is 7.94. The van der Waals surface area contributed by atoms with E-state index in [9.17, 15) is 8.78 Å². The highest BCUT2D eigenvalue weighted by atomic mass is 32.2. The minimum Gasteiger partial charge on any atom is -0.254 e. The van der Waals surface area contributed by atoms with E-state index in [2.05, 4.69) is 10.5 Å². The molecule has 0 amide bonds. The standard InChI is InChI=1S/C15H10F2N2O2S/c16-11-7-12(17)9-13(8-11)22-21-20-19-14-5-1-3-10-4-2-6-18-15(10)14/h1-9,19H. The summed E-state index contributed by atoms with van der Waals surface area (Å²) in [5.41, 5.74) is 3.93. The van der Waals surface area contributed by atoms with Gasteiger partial charge in [-0.2, -0.15) is 0 Å². The van der Waals surface area contributed by atoms with Crippen molar-refractivity contribution in [1.29, 1.82) is 0 Å². The van der Waals surface area contributed by atoms with E-state index in [4.69, 9.17) is 9.32 Å². The third-order valence-electron chi connectivity index (χ3n) is 2.78. The van der Waals surface area contributed by atoms with Gasteiger partial charge in [-0.15, -0.1) is 9.32 Å². The van der Waals surface area contributed by atoms with Gasteiger partial charge in [0.25, 0.3) is 0 Å².